The second-order valence-electron chi connectivity index (χ2n) is 9.77. The second-order valence-corrected chi connectivity index (χ2v) is 9.77. The minimum atomic E-state index is -0.679. The zero-order valence-corrected chi connectivity index (χ0v) is 21.9. The molecule has 1 saturated heterocycles. The topological polar surface area (TPSA) is 140 Å². The SMILES string of the molecule is COC(C)(C)c1ccc(C(=O)N[C@@H]2CCCN(c3cnc(C(N)=O)c(Nc4cnn(C)c4)n3)[C@@H]2C)cc1. The molecule has 0 spiro atoms. The van der Waals surface area contributed by atoms with Crippen LogP contribution in [0, 0.1) is 0 Å². The van der Waals surface area contributed by atoms with Crippen molar-refractivity contribution >= 4 is 29.1 Å². The van der Waals surface area contributed by atoms with E-state index in [1.54, 1.807) is 37.4 Å². The van der Waals surface area contributed by atoms with Crippen molar-refractivity contribution in [1.29, 1.82) is 0 Å². The van der Waals surface area contributed by atoms with E-state index in [1.165, 1.54) is 0 Å². The lowest BCUT2D eigenvalue weighted by Gasteiger charge is -2.40. The fourth-order valence-corrected chi connectivity index (χ4v) is 4.46. The van der Waals surface area contributed by atoms with E-state index in [0.717, 1.165) is 24.9 Å². The molecule has 11 heteroatoms. The van der Waals surface area contributed by atoms with Gasteiger partial charge in [0.1, 0.15) is 5.82 Å². The molecule has 11 nitrogen and oxygen atoms in total. The van der Waals surface area contributed by atoms with E-state index in [9.17, 15) is 9.59 Å². The highest BCUT2D eigenvalue weighted by atomic mass is 16.5. The number of benzene rings is 1. The third kappa shape index (κ3) is 5.72. The van der Waals surface area contributed by atoms with Gasteiger partial charge in [-0.05, 0) is 51.3 Å². The molecule has 3 aromatic rings. The van der Waals surface area contributed by atoms with Crippen molar-refractivity contribution in [3.05, 3.63) is 59.7 Å². The highest BCUT2D eigenvalue weighted by molar-refractivity contribution is 5.96. The van der Waals surface area contributed by atoms with Gasteiger partial charge in [-0.15, -0.1) is 0 Å². The Bertz CT molecular complexity index is 1270. The summed E-state index contributed by atoms with van der Waals surface area (Å²) in [6, 6.07) is 7.33. The van der Waals surface area contributed by atoms with E-state index in [-0.39, 0.29) is 29.5 Å². The molecule has 1 aliphatic rings. The number of carbonyl (C=O) groups is 2. The number of rotatable bonds is 8. The van der Waals surface area contributed by atoms with Crippen molar-refractivity contribution in [2.24, 2.45) is 12.8 Å². The number of piperidine rings is 1. The molecule has 37 heavy (non-hydrogen) atoms. The van der Waals surface area contributed by atoms with Gasteiger partial charge in [0.25, 0.3) is 11.8 Å². The first-order valence-electron chi connectivity index (χ1n) is 12.2. The van der Waals surface area contributed by atoms with Gasteiger partial charge < -0.3 is 26.0 Å². The predicted octanol–water partition coefficient (Wildman–Crippen LogP) is 2.72. The van der Waals surface area contributed by atoms with Crippen molar-refractivity contribution in [2.45, 2.75) is 51.3 Å². The molecule has 1 aromatic carbocycles. The van der Waals surface area contributed by atoms with Gasteiger partial charge >= 0.3 is 0 Å². The van der Waals surface area contributed by atoms with Crippen LogP contribution >= 0.6 is 0 Å². The Balaban J connectivity index is 1.50. The Morgan fingerprint density at radius 3 is 2.54 bits per heavy atom. The Hall–Kier alpha value is -3.99. The van der Waals surface area contributed by atoms with Gasteiger partial charge in [-0.1, -0.05) is 12.1 Å². The number of anilines is 3. The molecule has 0 radical (unpaired) electrons. The van der Waals surface area contributed by atoms with Crippen LogP contribution in [0.2, 0.25) is 0 Å². The first kappa shape index (κ1) is 26.1. The number of nitrogens with one attached hydrogen (secondary N) is 2. The number of ether oxygens (including phenoxy) is 1. The monoisotopic (exact) mass is 506 g/mol. The van der Waals surface area contributed by atoms with E-state index in [1.807, 2.05) is 45.0 Å². The summed E-state index contributed by atoms with van der Waals surface area (Å²) in [6.07, 6.45) is 6.63. The molecule has 0 saturated carbocycles. The van der Waals surface area contributed by atoms with Crippen molar-refractivity contribution in [3.8, 4) is 0 Å². The summed E-state index contributed by atoms with van der Waals surface area (Å²) >= 11 is 0. The number of methoxy groups -OCH3 is 1. The summed E-state index contributed by atoms with van der Waals surface area (Å²) in [5.41, 5.74) is 7.40. The summed E-state index contributed by atoms with van der Waals surface area (Å²) < 4.78 is 7.16. The molecule has 4 N–H and O–H groups in total. The van der Waals surface area contributed by atoms with E-state index in [2.05, 4.69) is 30.6 Å². The Labute approximate surface area is 216 Å². The van der Waals surface area contributed by atoms with Crippen LogP contribution in [-0.4, -0.2) is 57.3 Å². The van der Waals surface area contributed by atoms with Crippen LogP contribution in [0.1, 0.15) is 60.0 Å². The number of aryl methyl sites for hydroxylation is 1. The van der Waals surface area contributed by atoms with Crippen LogP contribution in [-0.2, 0) is 17.4 Å². The maximum absolute atomic E-state index is 13.1. The summed E-state index contributed by atoms with van der Waals surface area (Å²) in [7, 11) is 3.46. The van der Waals surface area contributed by atoms with Gasteiger partial charge in [0.05, 0.1) is 23.7 Å². The molecule has 0 bridgehead atoms. The van der Waals surface area contributed by atoms with Crippen LogP contribution in [0.3, 0.4) is 0 Å². The minimum absolute atomic E-state index is 0.0437. The molecule has 2 amide bonds. The fraction of sp³-hybridized carbons (Fsp3) is 0.423. The van der Waals surface area contributed by atoms with Crippen molar-refractivity contribution in [2.75, 3.05) is 23.9 Å². The zero-order chi connectivity index (χ0) is 26.7. The van der Waals surface area contributed by atoms with Crippen LogP contribution in [0.4, 0.5) is 17.3 Å². The molecule has 0 aliphatic carbocycles. The number of nitrogens with zero attached hydrogens (tertiary/aromatic N) is 5. The lowest BCUT2D eigenvalue weighted by Crippen LogP contribution is -2.54. The quantitative estimate of drug-likeness (QED) is 0.424. The zero-order valence-electron chi connectivity index (χ0n) is 21.9. The molecule has 2 aromatic heterocycles. The van der Waals surface area contributed by atoms with Crippen molar-refractivity contribution in [1.82, 2.24) is 25.1 Å². The molecule has 196 valence electrons. The van der Waals surface area contributed by atoms with Gasteiger partial charge in [-0.2, -0.15) is 5.10 Å². The number of primary amides is 1. The van der Waals surface area contributed by atoms with Gasteiger partial charge in [-0.3, -0.25) is 14.3 Å². The van der Waals surface area contributed by atoms with Crippen LogP contribution in [0.25, 0.3) is 0 Å². The summed E-state index contributed by atoms with van der Waals surface area (Å²) in [4.78, 5) is 36.1. The Kier molecular flexibility index (Phi) is 7.44. The third-order valence-corrected chi connectivity index (χ3v) is 6.91. The molecule has 1 fully saturated rings. The van der Waals surface area contributed by atoms with Gasteiger partial charge in [0.2, 0.25) is 0 Å². The van der Waals surface area contributed by atoms with E-state index < -0.39 is 11.5 Å². The maximum Gasteiger partial charge on any atom is 0.271 e. The van der Waals surface area contributed by atoms with Gasteiger partial charge in [0, 0.05) is 44.5 Å². The summed E-state index contributed by atoms with van der Waals surface area (Å²) in [5, 5.41) is 10.4. The molecule has 0 unspecified atom stereocenters. The molecule has 4 rings (SSSR count). The first-order chi connectivity index (χ1) is 17.6. The van der Waals surface area contributed by atoms with Crippen LogP contribution in [0.15, 0.2) is 42.9 Å². The standard InChI is InChI=1S/C26H34N8O3/c1-16-20(31-25(36)17-8-10-18(11-9-17)26(2,3)37-5)7-6-12-34(16)21-14-28-22(23(27)35)24(32-21)30-19-13-29-33(4)15-19/h8-11,13-16,20H,6-7,12H2,1-5H3,(H2,27,35)(H,30,32)(H,31,36)/t16-,20-/m1/s1. The summed E-state index contributed by atoms with van der Waals surface area (Å²) in [5.74, 6) is 0.0427. The lowest BCUT2D eigenvalue weighted by molar-refractivity contribution is 0.0192. The molecule has 3 heterocycles. The van der Waals surface area contributed by atoms with E-state index >= 15 is 0 Å². The molecule has 2 atom stereocenters. The normalized spacial score (nSPS) is 17.9. The first-order valence-corrected chi connectivity index (χ1v) is 12.2. The fourth-order valence-electron chi connectivity index (χ4n) is 4.46. The van der Waals surface area contributed by atoms with Crippen LogP contribution in [0.5, 0.6) is 0 Å². The average molecular weight is 507 g/mol. The number of aromatic nitrogens is 4. The highest BCUT2D eigenvalue weighted by Crippen LogP contribution is 2.27. The molecular formula is C26H34N8O3. The maximum atomic E-state index is 13.1. The van der Waals surface area contributed by atoms with E-state index in [0.29, 0.717) is 17.1 Å². The predicted molar refractivity (Wildman–Crippen MR) is 141 cm³/mol. The second kappa shape index (κ2) is 10.6. The van der Waals surface area contributed by atoms with Gasteiger partial charge in [0.15, 0.2) is 11.5 Å². The average Bonchev–Trinajstić information content (AvgIpc) is 3.29. The Morgan fingerprint density at radius 1 is 1.19 bits per heavy atom. The number of amides is 2. The number of hydrogen-bond donors (Lipinski definition) is 3. The van der Waals surface area contributed by atoms with Gasteiger partial charge in [-0.25, -0.2) is 9.97 Å². The molecule has 1 aliphatic heterocycles. The number of hydrogen-bond acceptors (Lipinski definition) is 8. The smallest absolute Gasteiger partial charge is 0.271 e. The highest BCUT2D eigenvalue weighted by Gasteiger charge is 2.31. The number of nitrogens with two attached hydrogens (primary N) is 1. The molecular weight excluding hydrogens is 472 g/mol. The lowest BCUT2D eigenvalue weighted by atomic mass is 9.95. The largest absolute Gasteiger partial charge is 0.374 e. The van der Waals surface area contributed by atoms with Crippen molar-refractivity contribution < 1.29 is 14.3 Å². The third-order valence-electron chi connectivity index (χ3n) is 6.91. The minimum Gasteiger partial charge on any atom is -0.374 e. The Morgan fingerprint density at radius 2 is 1.92 bits per heavy atom. The summed E-state index contributed by atoms with van der Waals surface area (Å²) in [6.45, 7) is 6.76. The van der Waals surface area contributed by atoms with Crippen molar-refractivity contribution in [3.63, 3.8) is 0 Å². The number of carbonyl (C=O) groups excluding carboxylic acids is 2. The van der Waals surface area contributed by atoms with E-state index in [4.69, 9.17) is 10.5 Å². The van der Waals surface area contributed by atoms with Crippen LogP contribution < -0.4 is 21.3 Å².